The summed E-state index contributed by atoms with van der Waals surface area (Å²) in [5, 5.41) is 9.65. The van der Waals surface area contributed by atoms with Crippen LogP contribution in [-0.4, -0.2) is 23.3 Å². The van der Waals surface area contributed by atoms with Gasteiger partial charge in [-0.3, -0.25) is 4.79 Å². The van der Waals surface area contributed by atoms with Gasteiger partial charge in [0.2, 0.25) is 0 Å². The average Bonchev–Trinajstić information content (AvgIpc) is 3.10. The van der Waals surface area contributed by atoms with Crippen molar-refractivity contribution in [3.05, 3.63) is 0 Å². The molecule has 102 valence electrons. The maximum atomic E-state index is 11.7. The highest BCUT2D eigenvalue weighted by atomic mass is 16.6. The van der Waals surface area contributed by atoms with Crippen molar-refractivity contribution in [1.82, 2.24) is 0 Å². The van der Waals surface area contributed by atoms with E-state index in [1.165, 1.54) is 25.7 Å². The number of rotatable bonds is 3. The maximum absolute atomic E-state index is 11.7. The molecule has 2 aliphatic carbocycles. The summed E-state index contributed by atoms with van der Waals surface area (Å²) >= 11 is 0. The third-order valence-corrected chi connectivity index (χ3v) is 5.46. The van der Waals surface area contributed by atoms with E-state index in [4.69, 9.17) is 4.74 Å². The molecule has 3 nitrogen and oxygen atoms in total. The highest BCUT2D eigenvalue weighted by Gasteiger charge is 2.54. The number of fused-ring (bicyclic) bond motifs is 1. The van der Waals surface area contributed by atoms with Gasteiger partial charge in [-0.15, -0.1) is 0 Å². The van der Waals surface area contributed by atoms with Crippen LogP contribution in [0.4, 0.5) is 0 Å². The second kappa shape index (κ2) is 4.52. The fraction of sp³-hybridized carbons (Fsp3) is 0.933. The Hall–Kier alpha value is -0.570. The van der Waals surface area contributed by atoms with E-state index in [0.717, 1.165) is 31.6 Å². The first-order chi connectivity index (χ1) is 8.59. The molecule has 3 fully saturated rings. The standard InChI is InChI=1S/C15H24O3/c1-10-2-4-11(5-3-10)8-15(14(16)17)7-6-12-13(9-15)18-12/h10-13H,2-9H2,1H3,(H,16,17). The first-order valence-electron chi connectivity index (χ1n) is 7.48. The molecule has 0 spiro atoms. The van der Waals surface area contributed by atoms with E-state index in [-0.39, 0.29) is 6.10 Å². The predicted octanol–water partition coefficient (Wildman–Crippen LogP) is 3.23. The number of epoxide rings is 1. The van der Waals surface area contributed by atoms with Crippen molar-refractivity contribution in [2.24, 2.45) is 17.3 Å². The molecule has 1 saturated heterocycles. The Labute approximate surface area is 109 Å². The Morgan fingerprint density at radius 1 is 1.22 bits per heavy atom. The van der Waals surface area contributed by atoms with Crippen molar-refractivity contribution in [2.45, 2.75) is 70.5 Å². The molecular formula is C15H24O3. The van der Waals surface area contributed by atoms with Crippen LogP contribution in [0.1, 0.15) is 58.3 Å². The van der Waals surface area contributed by atoms with Crippen molar-refractivity contribution in [1.29, 1.82) is 0 Å². The van der Waals surface area contributed by atoms with Gasteiger partial charge >= 0.3 is 5.97 Å². The molecule has 0 aromatic carbocycles. The van der Waals surface area contributed by atoms with E-state index in [9.17, 15) is 9.90 Å². The summed E-state index contributed by atoms with van der Waals surface area (Å²) in [6.07, 6.45) is 9.11. The number of carboxylic acid groups (broad SMARTS) is 1. The number of aliphatic carboxylic acids is 1. The van der Waals surface area contributed by atoms with Gasteiger partial charge in [0.05, 0.1) is 17.6 Å². The minimum atomic E-state index is -0.574. The molecule has 3 atom stereocenters. The van der Waals surface area contributed by atoms with Crippen LogP contribution in [0.3, 0.4) is 0 Å². The SMILES string of the molecule is CC1CCC(CC2(C(=O)O)CCC3OC3C2)CC1. The van der Waals surface area contributed by atoms with Crippen molar-refractivity contribution >= 4 is 5.97 Å². The molecule has 2 saturated carbocycles. The molecule has 18 heavy (non-hydrogen) atoms. The van der Waals surface area contributed by atoms with Gasteiger partial charge < -0.3 is 9.84 Å². The van der Waals surface area contributed by atoms with Crippen LogP contribution < -0.4 is 0 Å². The van der Waals surface area contributed by atoms with E-state index in [2.05, 4.69) is 6.92 Å². The van der Waals surface area contributed by atoms with E-state index in [1.54, 1.807) is 0 Å². The van der Waals surface area contributed by atoms with E-state index < -0.39 is 11.4 Å². The quantitative estimate of drug-likeness (QED) is 0.784. The lowest BCUT2D eigenvalue weighted by atomic mass is 9.66. The molecule has 1 N–H and O–H groups in total. The van der Waals surface area contributed by atoms with Crippen molar-refractivity contribution in [3.63, 3.8) is 0 Å². The van der Waals surface area contributed by atoms with Crippen LogP contribution in [0.5, 0.6) is 0 Å². The summed E-state index contributed by atoms with van der Waals surface area (Å²) < 4.78 is 5.53. The first kappa shape index (κ1) is 12.5. The number of carboxylic acids is 1. The lowest BCUT2D eigenvalue weighted by Crippen LogP contribution is -2.38. The zero-order chi connectivity index (χ0) is 12.8. The Morgan fingerprint density at radius 3 is 2.56 bits per heavy atom. The summed E-state index contributed by atoms with van der Waals surface area (Å²) in [4.78, 5) is 11.7. The molecule has 1 aliphatic heterocycles. The van der Waals surface area contributed by atoms with Crippen molar-refractivity contribution in [3.8, 4) is 0 Å². The highest BCUT2D eigenvalue weighted by Crippen LogP contribution is 2.51. The third-order valence-electron chi connectivity index (χ3n) is 5.46. The third kappa shape index (κ3) is 2.29. The Bertz CT molecular complexity index is 333. The van der Waals surface area contributed by atoms with Crippen LogP contribution in [0.25, 0.3) is 0 Å². The predicted molar refractivity (Wildman–Crippen MR) is 68.3 cm³/mol. The molecule has 0 aromatic heterocycles. The van der Waals surface area contributed by atoms with E-state index >= 15 is 0 Å². The largest absolute Gasteiger partial charge is 0.481 e. The molecule has 1 heterocycles. The number of ether oxygens (including phenoxy) is 1. The molecular weight excluding hydrogens is 228 g/mol. The monoisotopic (exact) mass is 252 g/mol. The highest BCUT2D eigenvalue weighted by molar-refractivity contribution is 5.75. The molecule has 3 unspecified atom stereocenters. The molecule has 0 aromatic rings. The van der Waals surface area contributed by atoms with E-state index in [0.29, 0.717) is 12.0 Å². The number of carbonyl (C=O) groups is 1. The number of hydrogen-bond acceptors (Lipinski definition) is 2. The first-order valence-corrected chi connectivity index (χ1v) is 7.48. The summed E-state index contributed by atoms with van der Waals surface area (Å²) in [7, 11) is 0. The molecule has 0 amide bonds. The second-order valence-electron chi connectivity index (χ2n) is 6.87. The van der Waals surface area contributed by atoms with Crippen LogP contribution in [0.2, 0.25) is 0 Å². The zero-order valence-electron chi connectivity index (χ0n) is 11.2. The molecule has 3 aliphatic rings. The fourth-order valence-corrected chi connectivity index (χ4v) is 4.07. The summed E-state index contributed by atoms with van der Waals surface area (Å²) in [6, 6.07) is 0. The van der Waals surface area contributed by atoms with Gasteiger partial charge in [0.1, 0.15) is 0 Å². The lowest BCUT2D eigenvalue weighted by molar-refractivity contribution is -0.152. The van der Waals surface area contributed by atoms with Gasteiger partial charge in [-0.05, 0) is 37.5 Å². The minimum absolute atomic E-state index is 0.261. The van der Waals surface area contributed by atoms with Crippen LogP contribution in [0, 0.1) is 17.3 Å². The molecule has 3 heteroatoms. The average molecular weight is 252 g/mol. The van der Waals surface area contributed by atoms with Crippen molar-refractivity contribution in [2.75, 3.05) is 0 Å². The minimum Gasteiger partial charge on any atom is -0.481 e. The van der Waals surface area contributed by atoms with Gasteiger partial charge in [0.25, 0.3) is 0 Å². The van der Waals surface area contributed by atoms with E-state index in [1.807, 2.05) is 0 Å². The van der Waals surface area contributed by atoms with Gasteiger partial charge in [-0.1, -0.05) is 32.6 Å². The van der Waals surface area contributed by atoms with Gasteiger partial charge in [0.15, 0.2) is 0 Å². The topological polar surface area (TPSA) is 49.8 Å². The summed E-state index contributed by atoms with van der Waals surface area (Å²) in [6.45, 7) is 2.31. The fourth-order valence-electron chi connectivity index (χ4n) is 4.07. The van der Waals surface area contributed by atoms with Gasteiger partial charge in [-0.2, -0.15) is 0 Å². The zero-order valence-corrected chi connectivity index (χ0v) is 11.2. The van der Waals surface area contributed by atoms with Crippen LogP contribution in [0.15, 0.2) is 0 Å². The second-order valence-corrected chi connectivity index (χ2v) is 6.87. The molecule has 0 radical (unpaired) electrons. The summed E-state index contributed by atoms with van der Waals surface area (Å²) in [5.41, 5.74) is -0.469. The number of hydrogen-bond donors (Lipinski definition) is 1. The summed E-state index contributed by atoms with van der Waals surface area (Å²) in [5.74, 6) is 0.896. The Balaban J connectivity index is 1.65. The van der Waals surface area contributed by atoms with Gasteiger partial charge in [-0.25, -0.2) is 0 Å². The normalized spacial score (nSPS) is 47.4. The lowest BCUT2D eigenvalue weighted by Gasteiger charge is -2.37. The molecule has 3 rings (SSSR count). The maximum Gasteiger partial charge on any atom is 0.309 e. The Morgan fingerprint density at radius 2 is 1.94 bits per heavy atom. The van der Waals surface area contributed by atoms with Crippen LogP contribution in [-0.2, 0) is 9.53 Å². The van der Waals surface area contributed by atoms with Crippen LogP contribution >= 0.6 is 0 Å². The molecule has 0 bridgehead atoms. The van der Waals surface area contributed by atoms with Gasteiger partial charge in [0, 0.05) is 0 Å². The smallest absolute Gasteiger partial charge is 0.309 e. The Kier molecular flexibility index (Phi) is 3.13. The van der Waals surface area contributed by atoms with Crippen molar-refractivity contribution < 1.29 is 14.6 Å².